The number of hydrogen-bond donors (Lipinski definition) is 3. The van der Waals surface area contributed by atoms with Gasteiger partial charge >= 0.3 is 18.4 Å². The maximum absolute atomic E-state index is 14.0. The van der Waals surface area contributed by atoms with Crippen LogP contribution in [0.1, 0.15) is 100 Å². The van der Waals surface area contributed by atoms with Crippen LogP contribution in [0.15, 0.2) is 18.2 Å². The van der Waals surface area contributed by atoms with Crippen molar-refractivity contribution in [3.05, 3.63) is 40.7 Å². The van der Waals surface area contributed by atoms with E-state index in [0.717, 1.165) is 0 Å². The molecule has 48 heavy (non-hydrogen) atoms. The standard InChI is InChI=1S/C33H45F3N6O6/c1-31(2,3)48-30(46)41-14-12-40(13-15-41)29(45)47-21-9-6-19(7-10-21)38-23-16-20(8-11-22(23)28(37)44)42-24-17-32(4,5)18-25(43)26(24)27(39-42)33(34,35)36/h8,11,16,19,21,28,38,44H,6-7,9-10,12-15,17-18,37H2,1-5H3/t19-,21-,28?. The van der Waals surface area contributed by atoms with Crippen LogP contribution in [0.25, 0.3) is 5.69 Å². The van der Waals surface area contributed by atoms with Gasteiger partial charge in [-0.25, -0.2) is 14.3 Å². The molecule has 2 aliphatic carbocycles. The van der Waals surface area contributed by atoms with Gasteiger partial charge in [0.2, 0.25) is 0 Å². The number of fused-ring (bicyclic) bond motifs is 1. The molecule has 1 unspecified atom stereocenters. The lowest BCUT2D eigenvalue weighted by molar-refractivity contribution is -0.141. The number of Topliss-reactive ketones (excluding diaryl/α,β-unsaturated/α-hetero) is 1. The Labute approximate surface area is 277 Å². The molecule has 1 aromatic heterocycles. The number of ketones is 1. The predicted molar refractivity (Wildman–Crippen MR) is 170 cm³/mol. The second-order valence-corrected chi connectivity index (χ2v) is 14.7. The van der Waals surface area contributed by atoms with Crippen molar-refractivity contribution in [1.29, 1.82) is 0 Å². The van der Waals surface area contributed by atoms with E-state index >= 15 is 0 Å². The Morgan fingerprint density at radius 3 is 2.19 bits per heavy atom. The minimum absolute atomic E-state index is 0.0113. The predicted octanol–water partition coefficient (Wildman–Crippen LogP) is 5.41. The number of ether oxygens (including phenoxy) is 2. The van der Waals surface area contributed by atoms with Crippen LogP contribution in [0, 0.1) is 5.41 Å². The summed E-state index contributed by atoms with van der Waals surface area (Å²) in [6.07, 6.45) is -4.72. The summed E-state index contributed by atoms with van der Waals surface area (Å²) in [6.45, 7) is 10.4. The van der Waals surface area contributed by atoms with E-state index in [4.69, 9.17) is 15.2 Å². The van der Waals surface area contributed by atoms with E-state index in [1.807, 2.05) is 13.8 Å². The third-order valence-corrected chi connectivity index (χ3v) is 8.90. The summed E-state index contributed by atoms with van der Waals surface area (Å²) in [5.41, 5.74) is 4.39. The van der Waals surface area contributed by atoms with Crippen LogP contribution in [0.4, 0.5) is 28.4 Å². The number of piperazine rings is 1. The van der Waals surface area contributed by atoms with Crippen molar-refractivity contribution in [2.24, 2.45) is 11.1 Å². The third kappa shape index (κ3) is 8.05. The van der Waals surface area contributed by atoms with Crippen LogP contribution in [-0.4, -0.2) is 86.6 Å². The topological polar surface area (TPSA) is 152 Å². The Morgan fingerprint density at radius 1 is 1.02 bits per heavy atom. The van der Waals surface area contributed by atoms with Crippen LogP contribution in [0.2, 0.25) is 0 Å². The molecule has 5 rings (SSSR count). The summed E-state index contributed by atoms with van der Waals surface area (Å²) in [5.74, 6) is -0.590. The zero-order chi connectivity index (χ0) is 35.2. The summed E-state index contributed by atoms with van der Waals surface area (Å²) in [6, 6.07) is 4.56. The number of aliphatic hydroxyl groups is 1. The largest absolute Gasteiger partial charge is 0.446 e. The highest BCUT2D eigenvalue weighted by Crippen LogP contribution is 2.42. The van der Waals surface area contributed by atoms with Gasteiger partial charge in [0.25, 0.3) is 0 Å². The number of benzene rings is 1. The van der Waals surface area contributed by atoms with Crippen molar-refractivity contribution in [3.63, 3.8) is 0 Å². The number of aromatic nitrogens is 2. The molecule has 1 aromatic carbocycles. The molecule has 15 heteroatoms. The molecule has 2 aromatic rings. The number of hydrogen-bond acceptors (Lipinski definition) is 9. The molecule has 2 heterocycles. The van der Waals surface area contributed by atoms with Crippen molar-refractivity contribution < 1.29 is 42.1 Å². The van der Waals surface area contributed by atoms with E-state index in [9.17, 15) is 32.7 Å². The zero-order valence-electron chi connectivity index (χ0n) is 28.0. The molecule has 1 saturated heterocycles. The number of aliphatic hydroxyl groups excluding tert-OH is 1. The van der Waals surface area contributed by atoms with Gasteiger partial charge in [-0.1, -0.05) is 19.9 Å². The van der Waals surface area contributed by atoms with E-state index in [2.05, 4.69) is 10.4 Å². The van der Waals surface area contributed by atoms with Crippen molar-refractivity contribution >= 4 is 23.7 Å². The molecule has 12 nitrogen and oxygen atoms in total. The molecule has 2 fully saturated rings. The number of nitrogens with two attached hydrogens (primary N) is 1. The molecule has 0 bridgehead atoms. The number of nitrogens with zero attached hydrogens (tertiary/aromatic N) is 4. The van der Waals surface area contributed by atoms with E-state index in [0.29, 0.717) is 68.8 Å². The summed E-state index contributed by atoms with van der Waals surface area (Å²) in [4.78, 5) is 41.2. The molecule has 1 aliphatic heterocycles. The first-order valence-electron chi connectivity index (χ1n) is 16.3. The summed E-state index contributed by atoms with van der Waals surface area (Å²) < 4.78 is 54.4. The molecule has 0 radical (unpaired) electrons. The molecule has 0 spiro atoms. The first-order chi connectivity index (χ1) is 22.3. The van der Waals surface area contributed by atoms with Crippen molar-refractivity contribution in [2.45, 2.75) is 103 Å². The number of halogens is 3. The summed E-state index contributed by atoms with van der Waals surface area (Å²) in [5, 5.41) is 17.6. The highest BCUT2D eigenvalue weighted by Gasteiger charge is 2.45. The number of carbonyl (C=O) groups excluding carboxylic acids is 3. The second kappa shape index (κ2) is 13.2. The van der Waals surface area contributed by atoms with Crippen molar-refractivity contribution in [3.8, 4) is 5.69 Å². The zero-order valence-corrected chi connectivity index (χ0v) is 28.0. The van der Waals surface area contributed by atoms with Crippen LogP contribution in [0.3, 0.4) is 0 Å². The number of anilines is 1. The average Bonchev–Trinajstić information content (AvgIpc) is 3.37. The Kier molecular flexibility index (Phi) is 9.77. The Bertz CT molecular complexity index is 1530. The minimum Gasteiger partial charge on any atom is -0.446 e. The summed E-state index contributed by atoms with van der Waals surface area (Å²) >= 11 is 0. The number of rotatable bonds is 5. The molecule has 264 valence electrons. The average molecular weight is 679 g/mol. The van der Waals surface area contributed by atoms with Gasteiger partial charge in [0.15, 0.2) is 11.5 Å². The number of amides is 2. The lowest BCUT2D eigenvalue weighted by atomic mass is 9.75. The van der Waals surface area contributed by atoms with Crippen molar-refractivity contribution in [2.75, 3.05) is 31.5 Å². The van der Waals surface area contributed by atoms with Crippen LogP contribution >= 0.6 is 0 Å². The molecule has 2 amide bonds. The van der Waals surface area contributed by atoms with Crippen LogP contribution in [0.5, 0.6) is 0 Å². The molecule has 3 aliphatic rings. The van der Waals surface area contributed by atoms with Gasteiger partial charge in [0.05, 0.1) is 16.9 Å². The van der Waals surface area contributed by atoms with E-state index in [1.54, 1.807) is 36.6 Å². The van der Waals surface area contributed by atoms with Gasteiger partial charge in [-0.2, -0.15) is 18.3 Å². The number of nitrogens with one attached hydrogen (secondary N) is 1. The SMILES string of the molecule is CC1(C)CC(=O)c2c(C(F)(F)F)nn(-c3ccc(C(N)O)c(N[C@H]4CC[C@H](OC(=O)N5CCN(C(=O)OC(C)(C)C)CC5)CC4)c3)c2C1. The van der Waals surface area contributed by atoms with E-state index in [-0.39, 0.29) is 30.7 Å². The number of alkyl halides is 3. The quantitative estimate of drug-likeness (QED) is 0.353. The number of carbonyl (C=O) groups is 3. The first kappa shape index (κ1) is 35.5. The highest BCUT2D eigenvalue weighted by molar-refractivity contribution is 6.00. The lowest BCUT2D eigenvalue weighted by Crippen LogP contribution is -2.52. The molecular formula is C33H45F3N6O6. The fourth-order valence-electron chi connectivity index (χ4n) is 6.58. The molecule has 1 saturated carbocycles. The normalized spacial score (nSPS) is 22.2. The van der Waals surface area contributed by atoms with Crippen LogP contribution in [-0.2, 0) is 22.1 Å². The fraction of sp³-hybridized carbons (Fsp3) is 0.636. The molecular weight excluding hydrogens is 633 g/mol. The van der Waals surface area contributed by atoms with Gasteiger partial charge in [0, 0.05) is 49.9 Å². The van der Waals surface area contributed by atoms with E-state index in [1.165, 1.54) is 16.8 Å². The highest BCUT2D eigenvalue weighted by atomic mass is 19.4. The Hall–Kier alpha value is -3.85. The van der Waals surface area contributed by atoms with Gasteiger partial charge in [0.1, 0.15) is 17.9 Å². The lowest BCUT2D eigenvalue weighted by Gasteiger charge is -2.36. The monoisotopic (exact) mass is 678 g/mol. The van der Waals surface area contributed by atoms with Gasteiger partial charge in [-0.15, -0.1) is 0 Å². The van der Waals surface area contributed by atoms with Gasteiger partial charge in [-0.05, 0) is 70.4 Å². The van der Waals surface area contributed by atoms with Gasteiger partial charge < -0.3 is 35.4 Å². The smallest absolute Gasteiger partial charge is 0.435 e. The molecule has 1 atom stereocenters. The second-order valence-electron chi connectivity index (χ2n) is 14.7. The van der Waals surface area contributed by atoms with E-state index < -0.39 is 52.6 Å². The fourth-order valence-corrected chi connectivity index (χ4v) is 6.58. The van der Waals surface area contributed by atoms with Crippen molar-refractivity contribution in [1.82, 2.24) is 19.6 Å². The Balaban J connectivity index is 1.24. The van der Waals surface area contributed by atoms with Gasteiger partial charge in [-0.3, -0.25) is 4.79 Å². The third-order valence-electron chi connectivity index (χ3n) is 8.90. The summed E-state index contributed by atoms with van der Waals surface area (Å²) in [7, 11) is 0. The maximum Gasteiger partial charge on any atom is 0.435 e. The maximum atomic E-state index is 14.0. The Morgan fingerprint density at radius 2 is 1.62 bits per heavy atom. The van der Waals surface area contributed by atoms with Crippen LogP contribution < -0.4 is 11.1 Å². The first-order valence-corrected chi connectivity index (χ1v) is 16.3. The molecule has 4 N–H and O–H groups in total. The minimum atomic E-state index is -4.81.